The zero-order valence-corrected chi connectivity index (χ0v) is 18.7. The van der Waals surface area contributed by atoms with Crippen LogP contribution in [0.25, 0.3) is 0 Å². The van der Waals surface area contributed by atoms with Gasteiger partial charge in [0.15, 0.2) is 5.96 Å². The Morgan fingerprint density at radius 3 is 2.19 bits per heavy atom. The summed E-state index contributed by atoms with van der Waals surface area (Å²) in [5.41, 5.74) is -0.773. The smallest absolute Gasteiger partial charge is 0.229 e. The molecule has 0 radical (unpaired) electrons. The molecule has 8 heteroatoms. The third-order valence-corrected chi connectivity index (χ3v) is 4.32. The minimum absolute atomic E-state index is 0. The Balaban J connectivity index is 0.00000625. The van der Waals surface area contributed by atoms with Gasteiger partial charge in [-0.05, 0) is 26.2 Å². The molecule has 152 valence electrons. The molecule has 0 bridgehead atoms. The lowest BCUT2D eigenvalue weighted by Crippen LogP contribution is -2.47. The number of rotatable bonds is 10. The highest BCUT2D eigenvalue weighted by molar-refractivity contribution is 14.0. The normalized spacial score (nSPS) is 15.7. The van der Waals surface area contributed by atoms with Crippen LogP contribution in [-0.2, 0) is 9.59 Å². The number of aliphatic imine (C=N–C) groups is 1. The van der Waals surface area contributed by atoms with Crippen molar-refractivity contribution < 1.29 is 14.7 Å². The number of amides is 2. The number of nitrogens with one attached hydrogen (secondary N) is 2. The summed E-state index contributed by atoms with van der Waals surface area (Å²) < 4.78 is 0. The number of likely N-dealkylation sites (tertiary alicyclic amines) is 1. The predicted molar refractivity (Wildman–Crippen MR) is 115 cm³/mol. The fourth-order valence-corrected chi connectivity index (χ4v) is 3.12. The lowest BCUT2D eigenvalue weighted by Gasteiger charge is -2.27. The van der Waals surface area contributed by atoms with Gasteiger partial charge in [0.05, 0.1) is 12.1 Å². The molecule has 0 aromatic rings. The maximum atomic E-state index is 11.8. The molecule has 1 saturated heterocycles. The first-order chi connectivity index (χ1) is 12.0. The Labute approximate surface area is 174 Å². The summed E-state index contributed by atoms with van der Waals surface area (Å²) in [6.45, 7) is 7.92. The zero-order chi connectivity index (χ0) is 18.7. The SMILES string of the molecule is CCCC(O)(CCC)CN=C(NCC)NCCN1C(=O)CCCC1=O.I. The van der Waals surface area contributed by atoms with Crippen LogP contribution in [0, 0.1) is 0 Å². The van der Waals surface area contributed by atoms with E-state index in [4.69, 9.17) is 0 Å². The van der Waals surface area contributed by atoms with Crippen LogP contribution >= 0.6 is 24.0 Å². The van der Waals surface area contributed by atoms with Gasteiger partial charge in [0.1, 0.15) is 0 Å². The second-order valence-electron chi connectivity index (χ2n) is 6.64. The van der Waals surface area contributed by atoms with Crippen LogP contribution in [0.1, 0.15) is 65.7 Å². The predicted octanol–water partition coefficient (Wildman–Crippen LogP) is 2.03. The first kappa shape index (κ1) is 25.1. The van der Waals surface area contributed by atoms with Crippen molar-refractivity contribution in [2.45, 2.75) is 71.3 Å². The van der Waals surface area contributed by atoms with Crippen molar-refractivity contribution in [3.63, 3.8) is 0 Å². The number of aliphatic hydroxyl groups is 1. The molecule has 1 aliphatic rings. The Hall–Kier alpha value is -0.900. The molecule has 0 aliphatic carbocycles. The minimum Gasteiger partial charge on any atom is -0.388 e. The molecule has 3 N–H and O–H groups in total. The summed E-state index contributed by atoms with van der Waals surface area (Å²) in [5, 5.41) is 17.0. The van der Waals surface area contributed by atoms with Gasteiger partial charge in [-0.15, -0.1) is 24.0 Å². The standard InChI is InChI=1S/C18H34N4O3.HI/c1-4-10-18(25,11-5-2)14-21-17(19-6-3)20-12-13-22-15(23)8-7-9-16(22)24;/h25H,4-14H2,1-3H3,(H2,19,20,21);1H. The summed E-state index contributed by atoms with van der Waals surface area (Å²) in [6, 6.07) is 0. The van der Waals surface area contributed by atoms with Crippen molar-refractivity contribution in [2.24, 2.45) is 4.99 Å². The van der Waals surface area contributed by atoms with Crippen molar-refractivity contribution in [2.75, 3.05) is 26.2 Å². The maximum absolute atomic E-state index is 11.8. The number of imide groups is 1. The number of piperidine rings is 1. The second-order valence-corrected chi connectivity index (χ2v) is 6.64. The van der Waals surface area contributed by atoms with Crippen LogP contribution in [0.2, 0.25) is 0 Å². The third kappa shape index (κ3) is 8.66. The molecule has 0 atom stereocenters. The van der Waals surface area contributed by atoms with Crippen LogP contribution in [0.15, 0.2) is 4.99 Å². The lowest BCUT2D eigenvalue weighted by molar-refractivity contribution is -0.147. The molecular weight excluding hydrogens is 447 g/mol. The molecule has 0 saturated carbocycles. The fraction of sp³-hybridized carbons (Fsp3) is 0.833. The molecule has 1 fully saturated rings. The van der Waals surface area contributed by atoms with E-state index in [-0.39, 0.29) is 35.8 Å². The highest BCUT2D eigenvalue weighted by Gasteiger charge is 2.26. The molecular formula is C18H35IN4O3. The largest absolute Gasteiger partial charge is 0.388 e. The van der Waals surface area contributed by atoms with E-state index < -0.39 is 5.60 Å². The van der Waals surface area contributed by atoms with Gasteiger partial charge in [0, 0.05) is 32.5 Å². The number of hydrogen-bond acceptors (Lipinski definition) is 4. The topological polar surface area (TPSA) is 94.0 Å². The first-order valence-corrected chi connectivity index (χ1v) is 9.53. The number of carbonyl (C=O) groups is 2. The van der Waals surface area contributed by atoms with Gasteiger partial charge in [-0.3, -0.25) is 19.5 Å². The van der Waals surface area contributed by atoms with Crippen molar-refractivity contribution in [3.8, 4) is 0 Å². The van der Waals surface area contributed by atoms with E-state index in [9.17, 15) is 14.7 Å². The van der Waals surface area contributed by atoms with Crippen molar-refractivity contribution in [3.05, 3.63) is 0 Å². The van der Waals surface area contributed by atoms with Crippen LogP contribution < -0.4 is 10.6 Å². The van der Waals surface area contributed by atoms with E-state index in [1.807, 2.05) is 6.92 Å². The van der Waals surface area contributed by atoms with Crippen molar-refractivity contribution >= 4 is 41.8 Å². The summed E-state index contributed by atoms with van der Waals surface area (Å²) >= 11 is 0. The Bertz CT molecular complexity index is 449. The molecule has 2 amide bonds. The zero-order valence-electron chi connectivity index (χ0n) is 16.3. The Morgan fingerprint density at radius 2 is 1.69 bits per heavy atom. The molecule has 26 heavy (non-hydrogen) atoms. The van der Waals surface area contributed by atoms with Crippen molar-refractivity contribution in [1.29, 1.82) is 0 Å². The van der Waals surface area contributed by atoms with Gasteiger partial charge in [-0.2, -0.15) is 0 Å². The summed E-state index contributed by atoms with van der Waals surface area (Å²) in [6.07, 6.45) is 4.81. The number of guanidine groups is 1. The Morgan fingerprint density at radius 1 is 1.12 bits per heavy atom. The molecule has 1 heterocycles. The average molecular weight is 482 g/mol. The lowest BCUT2D eigenvalue weighted by atomic mass is 9.93. The van der Waals surface area contributed by atoms with E-state index in [0.717, 1.165) is 25.7 Å². The van der Waals surface area contributed by atoms with E-state index in [0.29, 0.717) is 51.4 Å². The van der Waals surface area contributed by atoms with Crippen LogP contribution in [-0.4, -0.2) is 59.6 Å². The minimum atomic E-state index is -0.773. The van der Waals surface area contributed by atoms with Crippen molar-refractivity contribution in [1.82, 2.24) is 15.5 Å². The molecule has 0 aromatic heterocycles. The maximum Gasteiger partial charge on any atom is 0.229 e. The highest BCUT2D eigenvalue weighted by Crippen LogP contribution is 2.19. The molecule has 1 rings (SSSR count). The highest BCUT2D eigenvalue weighted by atomic mass is 127. The van der Waals surface area contributed by atoms with Gasteiger partial charge in [0.25, 0.3) is 0 Å². The quantitative estimate of drug-likeness (QED) is 0.192. The van der Waals surface area contributed by atoms with E-state index in [1.165, 1.54) is 4.90 Å². The average Bonchev–Trinajstić information content (AvgIpc) is 2.56. The van der Waals surface area contributed by atoms with E-state index >= 15 is 0 Å². The van der Waals surface area contributed by atoms with E-state index in [1.54, 1.807) is 0 Å². The number of carbonyl (C=O) groups excluding carboxylic acids is 2. The molecule has 0 spiro atoms. The number of halogens is 1. The second kappa shape index (κ2) is 13.3. The monoisotopic (exact) mass is 482 g/mol. The van der Waals surface area contributed by atoms with Crippen LogP contribution in [0.3, 0.4) is 0 Å². The summed E-state index contributed by atoms with van der Waals surface area (Å²) in [5.74, 6) is 0.408. The van der Waals surface area contributed by atoms with Gasteiger partial charge >= 0.3 is 0 Å². The fourth-order valence-electron chi connectivity index (χ4n) is 3.12. The summed E-state index contributed by atoms with van der Waals surface area (Å²) in [4.78, 5) is 29.4. The van der Waals surface area contributed by atoms with E-state index in [2.05, 4.69) is 29.5 Å². The first-order valence-electron chi connectivity index (χ1n) is 9.53. The number of hydrogen-bond donors (Lipinski definition) is 3. The molecule has 1 aliphatic heterocycles. The van der Waals surface area contributed by atoms with Gasteiger partial charge in [-0.1, -0.05) is 26.7 Å². The molecule has 7 nitrogen and oxygen atoms in total. The van der Waals surface area contributed by atoms with Gasteiger partial charge in [-0.25, -0.2) is 0 Å². The van der Waals surface area contributed by atoms with Crippen LogP contribution in [0.4, 0.5) is 0 Å². The molecule has 0 unspecified atom stereocenters. The van der Waals surface area contributed by atoms with Crippen LogP contribution in [0.5, 0.6) is 0 Å². The number of nitrogens with zero attached hydrogens (tertiary/aromatic N) is 2. The Kier molecular flexibility index (Phi) is 12.8. The van der Waals surface area contributed by atoms with Gasteiger partial charge < -0.3 is 15.7 Å². The van der Waals surface area contributed by atoms with Gasteiger partial charge in [0.2, 0.25) is 11.8 Å². The summed E-state index contributed by atoms with van der Waals surface area (Å²) in [7, 11) is 0. The third-order valence-electron chi connectivity index (χ3n) is 4.32. The molecule has 0 aromatic carbocycles.